The summed E-state index contributed by atoms with van der Waals surface area (Å²) in [6.07, 6.45) is 3.33. The fraction of sp³-hybridized carbons (Fsp3) is 0.462. The van der Waals surface area contributed by atoms with Crippen LogP contribution in [0.5, 0.6) is 5.75 Å². The molecule has 1 heterocycles. The normalized spacial score (nSPS) is 15.4. The molecule has 0 atom stereocenters. The van der Waals surface area contributed by atoms with E-state index in [2.05, 4.69) is 15.9 Å². The Hall–Kier alpha value is -0.450. The molecular formula is C13H14BrCl2NO2. The lowest BCUT2D eigenvalue weighted by atomic mass is 10.1. The Labute approximate surface area is 130 Å². The average Bonchev–Trinajstić information content (AvgIpc) is 2.38. The molecule has 0 unspecified atom stereocenters. The second-order valence-corrected chi connectivity index (χ2v) is 6.13. The molecular weight excluding hydrogens is 353 g/mol. The highest BCUT2D eigenvalue weighted by molar-refractivity contribution is 9.10. The molecule has 0 N–H and O–H groups in total. The summed E-state index contributed by atoms with van der Waals surface area (Å²) >= 11 is 15.2. The second-order valence-electron chi connectivity index (χ2n) is 4.43. The van der Waals surface area contributed by atoms with Crippen molar-refractivity contribution in [1.29, 1.82) is 0 Å². The number of amides is 1. The van der Waals surface area contributed by atoms with E-state index in [1.807, 2.05) is 4.90 Å². The monoisotopic (exact) mass is 365 g/mol. The standard InChI is InChI=1S/C13H14BrCl2NO2/c14-10-6-9(15)7-11(16)13(10)19-8-12(18)17-4-2-1-3-5-17/h6-7H,1-5,8H2. The SMILES string of the molecule is O=C(COc1c(Cl)cc(Cl)cc1Br)N1CCCCC1. The highest BCUT2D eigenvalue weighted by Crippen LogP contribution is 2.36. The molecule has 2 rings (SSSR count). The second kappa shape index (κ2) is 6.82. The van der Waals surface area contributed by atoms with E-state index in [1.54, 1.807) is 12.1 Å². The zero-order chi connectivity index (χ0) is 13.8. The summed E-state index contributed by atoms with van der Waals surface area (Å²) in [4.78, 5) is 13.8. The molecule has 0 radical (unpaired) electrons. The van der Waals surface area contributed by atoms with Crippen LogP contribution in [0.3, 0.4) is 0 Å². The molecule has 0 bridgehead atoms. The van der Waals surface area contributed by atoms with Gasteiger partial charge in [0, 0.05) is 18.1 Å². The number of nitrogens with zero attached hydrogens (tertiary/aromatic N) is 1. The highest BCUT2D eigenvalue weighted by Gasteiger charge is 2.18. The smallest absolute Gasteiger partial charge is 0.260 e. The maximum absolute atomic E-state index is 12.0. The molecule has 0 aliphatic carbocycles. The molecule has 1 aromatic rings. The van der Waals surface area contributed by atoms with Gasteiger partial charge in [-0.2, -0.15) is 0 Å². The van der Waals surface area contributed by atoms with Crippen molar-refractivity contribution >= 4 is 45.0 Å². The van der Waals surface area contributed by atoms with Gasteiger partial charge in [-0.05, 0) is 47.3 Å². The number of ether oxygens (including phenoxy) is 1. The van der Waals surface area contributed by atoms with Crippen molar-refractivity contribution in [2.75, 3.05) is 19.7 Å². The minimum Gasteiger partial charge on any atom is -0.481 e. The van der Waals surface area contributed by atoms with Crippen LogP contribution in [0, 0.1) is 0 Å². The molecule has 6 heteroatoms. The number of hydrogen-bond donors (Lipinski definition) is 0. The minimum absolute atomic E-state index is 0.0000472. The van der Waals surface area contributed by atoms with Gasteiger partial charge in [0.2, 0.25) is 0 Å². The van der Waals surface area contributed by atoms with Gasteiger partial charge in [-0.25, -0.2) is 0 Å². The van der Waals surface area contributed by atoms with Gasteiger partial charge in [-0.15, -0.1) is 0 Å². The predicted octanol–water partition coefficient (Wildman–Crippen LogP) is 4.15. The van der Waals surface area contributed by atoms with Crippen molar-refractivity contribution in [3.63, 3.8) is 0 Å². The molecule has 19 heavy (non-hydrogen) atoms. The van der Waals surface area contributed by atoms with Gasteiger partial charge in [0.1, 0.15) is 0 Å². The topological polar surface area (TPSA) is 29.5 Å². The number of carbonyl (C=O) groups excluding carboxylic acids is 1. The van der Waals surface area contributed by atoms with Gasteiger partial charge in [0.25, 0.3) is 5.91 Å². The first-order valence-corrected chi connectivity index (χ1v) is 7.68. The summed E-state index contributed by atoms with van der Waals surface area (Å²) in [5.74, 6) is 0.453. The number of rotatable bonds is 3. The Balaban J connectivity index is 1.96. The number of benzene rings is 1. The fourth-order valence-electron chi connectivity index (χ4n) is 2.04. The molecule has 1 aliphatic heterocycles. The lowest BCUT2D eigenvalue weighted by molar-refractivity contribution is -0.134. The zero-order valence-corrected chi connectivity index (χ0v) is 13.4. The Morgan fingerprint density at radius 2 is 1.95 bits per heavy atom. The molecule has 1 saturated heterocycles. The summed E-state index contributed by atoms with van der Waals surface area (Å²) < 4.78 is 6.16. The zero-order valence-electron chi connectivity index (χ0n) is 10.3. The van der Waals surface area contributed by atoms with Crippen LogP contribution in [0.4, 0.5) is 0 Å². The van der Waals surface area contributed by atoms with Gasteiger partial charge in [-0.1, -0.05) is 23.2 Å². The molecule has 104 valence electrons. The predicted molar refractivity (Wildman–Crippen MR) is 80.1 cm³/mol. The Bertz CT molecular complexity index is 453. The first-order chi connectivity index (χ1) is 9.08. The van der Waals surface area contributed by atoms with Crippen LogP contribution in [0.15, 0.2) is 16.6 Å². The van der Waals surface area contributed by atoms with E-state index in [1.165, 1.54) is 6.42 Å². The first kappa shape index (κ1) is 14.9. The summed E-state index contributed by atoms with van der Waals surface area (Å²) in [6, 6.07) is 3.28. The maximum Gasteiger partial charge on any atom is 0.260 e. The van der Waals surface area contributed by atoms with Crippen LogP contribution in [0.1, 0.15) is 19.3 Å². The van der Waals surface area contributed by atoms with Crippen molar-refractivity contribution in [2.24, 2.45) is 0 Å². The van der Waals surface area contributed by atoms with E-state index < -0.39 is 0 Å². The quantitative estimate of drug-likeness (QED) is 0.804. The van der Waals surface area contributed by atoms with Crippen LogP contribution in [0.25, 0.3) is 0 Å². The highest BCUT2D eigenvalue weighted by atomic mass is 79.9. The lowest BCUT2D eigenvalue weighted by Gasteiger charge is -2.26. The van der Waals surface area contributed by atoms with Crippen molar-refractivity contribution in [2.45, 2.75) is 19.3 Å². The number of hydrogen-bond acceptors (Lipinski definition) is 2. The molecule has 0 spiro atoms. The van der Waals surface area contributed by atoms with Crippen molar-refractivity contribution < 1.29 is 9.53 Å². The minimum atomic E-state index is -0.00221. The van der Waals surface area contributed by atoms with Crippen molar-refractivity contribution in [3.8, 4) is 5.75 Å². The van der Waals surface area contributed by atoms with E-state index in [0.717, 1.165) is 25.9 Å². The summed E-state index contributed by atoms with van der Waals surface area (Å²) in [6.45, 7) is 1.63. The molecule has 1 amide bonds. The average molecular weight is 367 g/mol. The number of piperidine rings is 1. The lowest BCUT2D eigenvalue weighted by Crippen LogP contribution is -2.38. The van der Waals surface area contributed by atoms with E-state index in [9.17, 15) is 4.79 Å². The molecule has 3 nitrogen and oxygen atoms in total. The maximum atomic E-state index is 12.0. The third kappa shape index (κ3) is 4.01. The van der Waals surface area contributed by atoms with Crippen LogP contribution in [0.2, 0.25) is 10.0 Å². The van der Waals surface area contributed by atoms with Crippen molar-refractivity contribution in [3.05, 3.63) is 26.7 Å². The van der Waals surface area contributed by atoms with E-state index in [-0.39, 0.29) is 12.5 Å². The van der Waals surface area contributed by atoms with E-state index >= 15 is 0 Å². The fourth-order valence-corrected chi connectivity index (χ4v) is 3.40. The summed E-state index contributed by atoms with van der Waals surface area (Å²) in [5.41, 5.74) is 0. The van der Waals surface area contributed by atoms with Crippen LogP contribution in [-0.2, 0) is 4.79 Å². The molecule has 1 aromatic carbocycles. The van der Waals surface area contributed by atoms with E-state index in [4.69, 9.17) is 27.9 Å². The van der Waals surface area contributed by atoms with Crippen LogP contribution < -0.4 is 4.74 Å². The van der Waals surface area contributed by atoms with Crippen LogP contribution in [-0.4, -0.2) is 30.5 Å². The number of carbonyl (C=O) groups is 1. The van der Waals surface area contributed by atoms with Gasteiger partial charge >= 0.3 is 0 Å². The van der Waals surface area contributed by atoms with Crippen molar-refractivity contribution in [1.82, 2.24) is 4.90 Å². The Morgan fingerprint density at radius 3 is 2.58 bits per heavy atom. The van der Waals surface area contributed by atoms with Gasteiger partial charge in [0.15, 0.2) is 12.4 Å². The largest absolute Gasteiger partial charge is 0.481 e. The third-order valence-electron chi connectivity index (χ3n) is 3.01. The van der Waals surface area contributed by atoms with Gasteiger partial charge in [-0.3, -0.25) is 4.79 Å². The summed E-state index contributed by atoms with van der Waals surface area (Å²) in [7, 11) is 0. The molecule has 0 aromatic heterocycles. The number of halogens is 3. The molecule has 1 fully saturated rings. The Morgan fingerprint density at radius 1 is 1.26 bits per heavy atom. The van der Waals surface area contributed by atoms with Crippen LogP contribution >= 0.6 is 39.1 Å². The first-order valence-electron chi connectivity index (χ1n) is 6.13. The van der Waals surface area contributed by atoms with E-state index in [0.29, 0.717) is 20.3 Å². The Kier molecular flexibility index (Phi) is 5.37. The molecule has 0 saturated carbocycles. The number of likely N-dealkylation sites (tertiary alicyclic amines) is 1. The third-order valence-corrected chi connectivity index (χ3v) is 4.10. The molecule has 1 aliphatic rings. The summed E-state index contributed by atoms with van der Waals surface area (Å²) in [5, 5.41) is 0.914. The van der Waals surface area contributed by atoms with Gasteiger partial charge < -0.3 is 9.64 Å². The van der Waals surface area contributed by atoms with Gasteiger partial charge in [0.05, 0.1) is 9.50 Å².